The van der Waals surface area contributed by atoms with Crippen molar-refractivity contribution >= 4 is 27.5 Å². The molecule has 2 unspecified atom stereocenters. The lowest BCUT2D eigenvalue weighted by molar-refractivity contribution is -0.000235. The number of nitrogens with zero attached hydrogens (tertiary/aromatic N) is 5. The van der Waals surface area contributed by atoms with Crippen LogP contribution in [0.4, 0.5) is 14.6 Å². The van der Waals surface area contributed by atoms with Crippen LogP contribution in [0.5, 0.6) is 6.01 Å². The molecule has 2 bridgehead atoms. The number of fused-ring (bicyclic) bond motifs is 5. The van der Waals surface area contributed by atoms with Gasteiger partial charge in [0.25, 0.3) is 0 Å². The van der Waals surface area contributed by atoms with E-state index in [0.29, 0.717) is 40.3 Å². The first-order valence-corrected chi connectivity index (χ1v) is 15.7. The molecule has 0 amide bonds. The molecule has 6 nitrogen and oxygen atoms in total. The zero-order valence-corrected chi connectivity index (χ0v) is 24.0. The highest BCUT2D eigenvalue weighted by Gasteiger charge is 2.40. The average Bonchev–Trinajstić information content (AvgIpc) is 3.50. The number of anilines is 1. The summed E-state index contributed by atoms with van der Waals surface area (Å²) in [6, 6.07) is 10.9. The normalized spacial score (nSPS) is 27.4. The van der Waals surface area contributed by atoms with Gasteiger partial charge in [0.1, 0.15) is 22.8 Å². The van der Waals surface area contributed by atoms with Crippen LogP contribution in [0.15, 0.2) is 42.6 Å². The van der Waals surface area contributed by atoms with Gasteiger partial charge in [-0.05, 0) is 81.8 Å². The second-order valence-electron chi connectivity index (χ2n) is 13.0. The third kappa shape index (κ3) is 4.41. The summed E-state index contributed by atoms with van der Waals surface area (Å²) in [5.41, 5.74) is 0.809. The van der Waals surface area contributed by atoms with Gasteiger partial charge in [0.05, 0.1) is 12.0 Å². The number of halogens is 2. The summed E-state index contributed by atoms with van der Waals surface area (Å²) in [6.45, 7) is 4.77. The highest BCUT2D eigenvalue weighted by atomic mass is 19.1. The van der Waals surface area contributed by atoms with E-state index in [1.807, 2.05) is 18.2 Å². The highest BCUT2D eigenvalue weighted by molar-refractivity contribution is 5.99. The third-order valence-electron chi connectivity index (χ3n) is 10.4. The molecule has 2 aromatic heterocycles. The number of rotatable bonds is 5. The van der Waals surface area contributed by atoms with Crippen molar-refractivity contribution in [3.63, 3.8) is 0 Å². The molecule has 1 aliphatic carbocycles. The molecule has 3 saturated heterocycles. The van der Waals surface area contributed by atoms with Crippen molar-refractivity contribution in [1.82, 2.24) is 19.9 Å². The van der Waals surface area contributed by atoms with Crippen molar-refractivity contribution in [3.05, 3.63) is 54.2 Å². The fourth-order valence-electron chi connectivity index (χ4n) is 8.49. The molecule has 42 heavy (non-hydrogen) atoms. The Morgan fingerprint density at radius 3 is 2.57 bits per heavy atom. The van der Waals surface area contributed by atoms with E-state index in [0.717, 1.165) is 57.7 Å². The van der Waals surface area contributed by atoms with Crippen LogP contribution in [0, 0.1) is 23.0 Å². The molecule has 8 heteroatoms. The maximum absolute atomic E-state index is 16.7. The molecule has 0 N–H and O–H groups in total. The molecule has 1 saturated carbocycles. The standard InChI is InChI=1S/C34H37F2N5O/c35-26-12-2-9-23-8-1-11-24(28(23)26)30-29(36)31-25(19-37-30)32(41-18-4-10-22-7-3-13-27(22)41)39-33(38-31)42-21-34-14-5-16-40(20-34)17-6-15-34/h1-2,8-9,11-12,19,22,27H,3-7,10,13-18,20-21H2. The van der Waals surface area contributed by atoms with Gasteiger partial charge in [0.15, 0.2) is 5.82 Å². The zero-order chi connectivity index (χ0) is 28.3. The topological polar surface area (TPSA) is 54.4 Å². The second kappa shape index (κ2) is 10.4. The van der Waals surface area contributed by atoms with Gasteiger partial charge in [0, 0.05) is 41.7 Å². The van der Waals surface area contributed by atoms with Crippen molar-refractivity contribution in [2.45, 2.75) is 63.8 Å². The average molecular weight is 570 g/mol. The summed E-state index contributed by atoms with van der Waals surface area (Å²) < 4.78 is 38.1. The van der Waals surface area contributed by atoms with Crippen molar-refractivity contribution in [3.8, 4) is 17.3 Å². The summed E-state index contributed by atoms with van der Waals surface area (Å²) in [4.78, 5) is 19.2. The molecule has 2 atom stereocenters. The van der Waals surface area contributed by atoms with Crippen LogP contribution in [0.1, 0.15) is 57.8 Å². The molecule has 4 aromatic rings. The second-order valence-corrected chi connectivity index (χ2v) is 13.0. The van der Waals surface area contributed by atoms with E-state index in [-0.39, 0.29) is 22.6 Å². The zero-order valence-electron chi connectivity index (χ0n) is 24.0. The van der Waals surface area contributed by atoms with Crippen LogP contribution in [0.3, 0.4) is 0 Å². The maximum Gasteiger partial charge on any atom is 0.319 e. The lowest BCUT2D eigenvalue weighted by Crippen LogP contribution is -2.50. The van der Waals surface area contributed by atoms with Gasteiger partial charge >= 0.3 is 6.01 Å². The highest BCUT2D eigenvalue weighted by Crippen LogP contribution is 2.43. The van der Waals surface area contributed by atoms with Gasteiger partial charge < -0.3 is 14.5 Å². The van der Waals surface area contributed by atoms with Crippen LogP contribution < -0.4 is 9.64 Å². The number of ether oxygens (including phenoxy) is 1. The lowest BCUT2D eigenvalue weighted by Gasteiger charge is -2.46. The smallest absolute Gasteiger partial charge is 0.319 e. The quantitative estimate of drug-likeness (QED) is 0.255. The van der Waals surface area contributed by atoms with E-state index >= 15 is 8.78 Å². The van der Waals surface area contributed by atoms with E-state index in [1.165, 1.54) is 38.2 Å². The summed E-state index contributed by atoms with van der Waals surface area (Å²) in [6.07, 6.45) is 12.2. The number of aromatic nitrogens is 3. The third-order valence-corrected chi connectivity index (χ3v) is 10.4. The Labute approximate surface area is 245 Å². The molecule has 2 aromatic carbocycles. The van der Waals surface area contributed by atoms with Gasteiger partial charge in [-0.1, -0.05) is 36.8 Å². The van der Waals surface area contributed by atoms with E-state index in [4.69, 9.17) is 14.7 Å². The lowest BCUT2D eigenvalue weighted by atomic mass is 9.74. The van der Waals surface area contributed by atoms with E-state index < -0.39 is 11.6 Å². The minimum atomic E-state index is -0.559. The predicted molar refractivity (Wildman–Crippen MR) is 161 cm³/mol. The maximum atomic E-state index is 16.7. The molecular weight excluding hydrogens is 532 g/mol. The van der Waals surface area contributed by atoms with Crippen LogP contribution in [-0.2, 0) is 0 Å². The Bertz CT molecular complexity index is 1650. The number of piperidine rings is 3. The van der Waals surface area contributed by atoms with E-state index in [9.17, 15) is 0 Å². The molecule has 0 radical (unpaired) electrons. The van der Waals surface area contributed by atoms with Gasteiger partial charge in [-0.15, -0.1) is 0 Å². The van der Waals surface area contributed by atoms with Crippen LogP contribution in [0.2, 0.25) is 0 Å². The first kappa shape index (κ1) is 26.3. The SMILES string of the molecule is Fc1c(-c2cccc3cccc(F)c23)ncc2c(N3CCCC4CCCC43)nc(OCC34CCCN(CCC3)C4)nc12. The molecule has 4 fully saturated rings. The number of benzene rings is 2. The van der Waals surface area contributed by atoms with Crippen LogP contribution >= 0.6 is 0 Å². The van der Waals surface area contributed by atoms with Gasteiger partial charge in [-0.2, -0.15) is 9.97 Å². The largest absolute Gasteiger partial charge is 0.463 e. The Kier molecular flexibility index (Phi) is 6.50. The fraction of sp³-hybridized carbons (Fsp3) is 0.500. The van der Waals surface area contributed by atoms with Crippen molar-refractivity contribution in [2.75, 3.05) is 37.7 Å². The minimum absolute atomic E-state index is 0.0963. The first-order chi connectivity index (χ1) is 20.6. The number of hydrogen-bond acceptors (Lipinski definition) is 6. The molecule has 4 aliphatic rings. The Morgan fingerprint density at radius 1 is 0.905 bits per heavy atom. The van der Waals surface area contributed by atoms with Crippen molar-refractivity contribution < 1.29 is 13.5 Å². The molecule has 5 heterocycles. The molecular formula is C34H37F2N5O. The summed E-state index contributed by atoms with van der Waals surface area (Å²) >= 11 is 0. The molecule has 8 rings (SSSR count). The van der Waals surface area contributed by atoms with Crippen LogP contribution in [-0.4, -0.2) is 58.7 Å². The molecule has 218 valence electrons. The van der Waals surface area contributed by atoms with Crippen molar-refractivity contribution in [2.24, 2.45) is 11.3 Å². The van der Waals surface area contributed by atoms with E-state index in [2.05, 4.69) is 14.8 Å². The fourth-order valence-corrected chi connectivity index (χ4v) is 8.49. The Morgan fingerprint density at radius 2 is 1.71 bits per heavy atom. The van der Waals surface area contributed by atoms with Crippen LogP contribution in [0.25, 0.3) is 32.9 Å². The number of pyridine rings is 1. The Balaban J connectivity index is 1.25. The summed E-state index contributed by atoms with van der Waals surface area (Å²) in [5.74, 6) is 0.403. The summed E-state index contributed by atoms with van der Waals surface area (Å²) in [7, 11) is 0. The van der Waals surface area contributed by atoms with Gasteiger partial charge in [-0.25, -0.2) is 8.78 Å². The van der Waals surface area contributed by atoms with Crippen molar-refractivity contribution in [1.29, 1.82) is 0 Å². The Hall–Kier alpha value is -3.39. The predicted octanol–water partition coefficient (Wildman–Crippen LogP) is 7.15. The van der Waals surface area contributed by atoms with E-state index in [1.54, 1.807) is 18.3 Å². The van der Waals surface area contributed by atoms with Gasteiger partial charge in [-0.3, -0.25) is 4.98 Å². The first-order valence-electron chi connectivity index (χ1n) is 15.7. The molecule has 3 aliphatic heterocycles. The molecule has 0 spiro atoms. The van der Waals surface area contributed by atoms with Gasteiger partial charge in [0.2, 0.25) is 0 Å². The number of hydrogen-bond donors (Lipinski definition) is 0. The summed E-state index contributed by atoms with van der Waals surface area (Å²) in [5, 5.41) is 1.66. The monoisotopic (exact) mass is 569 g/mol. The minimum Gasteiger partial charge on any atom is -0.463 e.